The highest BCUT2D eigenvalue weighted by Crippen LogP contribution is 2.11. The van der Waals surface area contributed by atoms with Gasteiger partial charge in [0.15, 0.2) is 0 Å². The van der Waals surface area contributed by atoms with Crippen LogP contribution in [0.1, 0.15) is 5.56 Å². The Morgan fingerprint density at radius 1 is 1.11 bits per heavy atom. The number of ether oxygens (including phenoxy) is 2. The topological polar surface area (TPSA) is 30.5 Å². The number of hydrogen-bond donors (Lipinski definition) is 1. The van der Waals surface area contributed by atoms with Crippen molar-refractivity contribution in [2.75, 3.05) is 20.3 Å². The van der Waals surface area contributed by atoms with Crippen molar-refractivity contribution in [2.24, 2.45) is 0 Å². The van der Waals surface area contributed by atoms with Crippen molar-refractivity contribution in [3.8, 4) is 11.5 Å². The lowest BCUT2D eigenvalue weighted by atomic mass is 10.2. The maximum atomic E-state index is 5.57. The molecule has 0 heterocycles. The highest BCUT2D eigenvalue weighted by Gasteiger charge is 1.95. The Kier molecular flexibility index (Phi) is 5.26. The largest absolute Gasteiger partial charge is 0.497 e. The molecule has 3 heteroatoms. The van der Waals surface area contributed by atoms with Crippen LogP contribution in [0.3, 0.4) is 0 Å². The molecule has 1 radical (unpaired) electrons. The first kappa shape index (κ1) is 13.4. The smallest absolute Gasteiger partial charge is 0.119 e. The van der Waals surface area contributed by atoms with E-state index in [1.807, 2.05) is 36.4 Å². The van der Waals surface area contributed by atoms with Crippen molar-refractivity contribution in [2.45, 2.75) is 6.54 Å². The van der Waals surface area contributed by atoms with Gasteiger partial charge in [-0.15, -0.1) is 0 Å². The minimum Gasteiger partial charge on any atom is -0.497 e. The maximum absolute atomic E-state index is 5.57. The van der Waals surface area contributed by atoms with E-state index < -0.39 is 0 Å². The van der Waals surface area contributed by atoms with Crippen LogP contribution in [0, 0.1) is 6.07 Å². The number of rotatable bonds is 7. The molecular weight excluding hydrogens is 238 g/mol. The standard InChI is InChI=1S/C16H18NO2/c1-18-15-9-7-14(8-10-15)13-17-11-12-19-16-5-3-2-4-6-16/h2-3,5-10,17H,11-13H2,1H3. The van der Waals surface area contributed by atoms with E-state index in [9.17, 15) is 0 Å². The maximum Gasteiger partial charge on any atom is 0.119 e. The molecule has 0 amide bonds. The van der Waals surface area contributed by atoms with E-state index in [-0.39, 0.29) is 0 Å². The Morgan fingerprint density at radius 2 is 1.95 bits per heavy atom. The molecular formula is C16H18NO2. The molecule has 2 aromatic carbocycles. The zero-order valence-corrected chi connectivity index (χ0v) is 11.1. The average molecular weight is 256 g/mol. The van der Waals surface area contributed by atoms with Crippen molar-refractivity contribution in [1.82, 2.24) is 5.32 Å². The quantitative estimate of drug-likeness (QED) is 0.773. The normalized spacial score (nSPS) is 10.2. The Morgan fingerprint density at radius 3 is 2.63 bits per heavy atom. The van der Waals surface area contributed by atoms with Gasteiger partial charge in [0, 0.05) is 13.1 Å². The Hall–Kier alpha value is -2.00. The summed E-state index contributed by atoms with van der Waals surface area (Å²) in [4.78, 5) is 0. The van der Waals surface area contributed by atoms with Gasteiger partial charge in [-0.25, -0.2) is 0 Å². The zero-order valence-electron chi connectivity index (χ0n) is 11.1. The zero-order chi connectivity index (χ0) is 13.3. The molecule has 1 N–H and O–H groups in total. The van der Waals surface area contributed by atoms with Crippen molar-refractivity contribution in [3.05, 3.63) is 60.2 Å². The molecule has 99 valence electrons. The first-order chi connectivity index (χ1) is 9.38. The van der Waals surface area contributed by atoms with Crippen LogP contribution in [0.4, 0.5) is 0 Å². The predicted molar refractivity (Wildman–Crippen MR) is 75.5 cm³/mol. The molecule has 0 aromatic heterocycles. The van der Waals surface area contributed by atoms with Gasteiger partial charge in [0.1, 0.15) is 18.1 Å². The first-order valence-electron chi connectivity index (χ1n) is 6.31. The molecule has 19 heavy (non-hydrogen) atoms. The van der Waals surface area contributed by atoms with Crippen LogP contribution >= 0.6 is 0 Å². The minimum absolute atomic E-state index is 0.647. The van der Waals surface area contributed by atoms with Gasteiger partial charge in [0.25, 0.3) is 0 Å². The molecule has 0 aliphatic rings. The van der Waals surface area contributed by atoms with Crippen molar-refractivity contribution >= 4 is 0 Å². The second kappa shape index (κ2) is 7.44. The fourth-order valence-corrected chi connectivity index (χ4v) is 1.68. The number of hydrogen-bond acceptors (Lipinski definition) is 3. The van der Waals surface area contributed by atoms with Gasteiger partial charge in [-0.1, -0.05) is 24.3 Å². The van der Waals surface area contributed by atoms with Gasteiger partial charge in [0.05, 0.1) is 7.11 Å². The van der Waals surface area contributed by atoms with Crippen LogP contribution in [0.25, 0.3) is 0 Å². The Labute approximate surface area is 114 Å². The van der Waals surface area contributed by atoms with Crippen molar-refractivity contribution in [3.63, 3.8) is 0 Å². The first-order valence-corrected chi connectivity index (χ1v) is 6.31. The summed E-state index contributed by atoms with van der Waals surface area (Å²) in [5.41, 5.74) is 1.23. The minimum atomic E-state index is 0.647. The summed E-state index contributed by atoms with van der Waals surface area (Å²) in [6.07, 6.45) is 0. The van der Waals surface area contributed by atoms with Gasteiger partial charge in [-0.3, -0.25) is 0 Å². The lowest BCUT2D eigenvalue weighted by Crippen LogP contribution is -2.20. The van der Waals surface area contributed by atoms with Crippen LogP contribution in [-0.4, -0.2) is 20.3 Å². The predicted octanol–water partition coefficient (Wildman–Crippen LogP) is 2.66. The van der Waals surface area contributed by atoms with E-state index in [1.54, 1.807) is 7.11 Å². The van der Waals surface area contributed by atoms with E-state index in [0.29, 0.717) is 6.61 Å². The molecule has 0 aliphatic heterocycles. The fraction of sp³-hybridized carbons (Fsp3) is 0.250. The van der Waals surface area contributed by atoms with Crippen LogP contribution in [-0.2, 0) is 6.54 Å². The fourth-order valence-electron chi connectivity index (χ4n) is 1.68. The Bertz CT molecular complexity index is 468. The van der Waals surface area contributed by atoms with Gasteiger partial charge in [-0.2, -0.15) is 0 Å². The number of methoxy groups -OCH3 is 1. The van der Waals surface area contributed by atoms with Gasteiger partial charge in [-0.05, 0) is 35.9 Å². The summed E-state index contributed by atoms with van der Waals surface area (Å²) in [6.45, 7) is 2.28. The summed E-state index contributed by atoms with van der Waals surface area (Å²) in [5.74, 6) is 1.74. The van der Waals surface area contributed by atoms with Crippen LogP contribution in [0.5, 0.6) is 11.5 Å². The molecule has 0 bridgehead atoms. The highest BCUT2D eigenvalue weighted by molar-refractivity contribution is 5.27. The van der Waals surface area contributed by atoms with E-state index in [2.05, 4.69) is 23.5 Å². The van der Waals surface area contributed by atoms with E-state index in [1.165, 1.54) is 5.56 Å². The molecule has 0 atom stereocenters. The van der Waals surface area contributed by atoms with E-state index in [0.717, 1.165) is 24.6 Å². The summed E-state index contributed by atoms with van der Waals surface area (Å²) >= 11 is 0. The molecule has 0 aliphatic carbocycles. The summed E-state index contributed by atoms with van der Waals surface area (Å²) < 4.78 is 10.7. The molecule has 0 fully saturated rings. The second-order valence-corrected chi connectivity index (χ2v) is 4.11. The third kappa shape index (κ3) is 4.64. The molecule has 0 saturated carbocycles. The SMILES string of the molecule is COc1ccc(CNCCOc2c[c]ccc2)cc1. The number of nitrogens with one attached hydrogen (secondary N) is 1. The van der Waals surface area contributed by atoms with Gasteiger partial charge < -0.3 is 14.8 Å². The number of benzene rings is 2. The molecule has 2 aromatic rings. The van der Waals surface area contributed by atoms with Crippen LogP contribution < -0.4 is 14.8 Å². The van der Waals surface area contributed by atoms with Gasteiger partial charge >= 0.3 is 0 Å². The van der Waals surface area contributed by atoms with E-state index in [4.69, 9.17) is 9.47 Å². The van der Waals surface area contributed by atoms with Crippen LogP contribution in [0.2, 0.25) is 0 Å². The van der Waals surface area contributed by atoms with Crippen molar-refractivity contribution in [1.29, 1.82) is 0 Å². The highest BCUT2D eigenvalue weighted by atomic mass is 16.5. The molecule has 0 unspecified atom stereocenters. The van der Waals surface area contributed by atoms with Crippen LogP contribution in [0.15, 0.2) is 48.5 Å². The van der Waals surface area contributed by atoms with Crippen molar-refractivity contribution < 1.29 is 9.47 Å². The average Bonchev–Trinajstić information content (AvgIpc) is 2.49. The second-order valence-electron chi connectivity index (χ2n) is 4.11. The molecule has 0 saturated heterocycles. The van der Waals surface area contributed by atoms with E-state index >= 15 is 0 Å². The molecule has 2 rings (SSSR count). The lowest BCUT2D eigenvalue weighted by Gasteiger charge is -2.08. The molecule has 0 spiro atoms. The lowest BCUT2D eigenvalue weighted by molar-refractivity contribution is 0.313. The summed E-state index contributed by atoms with van der Waals surface area (Å²) in [7, 11) is 1.67. The molecule has 3 nitrogen and oxygen atoms in total. The van der Waals surface area contributed by atoms with Gasteiger partial charge in [0.2, 0.25) is 0 Å². The monoisotopic (exact) mass is 256 g/mol. The third-order valence-electron chi connectivity index (χ3n) is 2.71. The Balaban J connectivity index is 1.63. The summed E-state index contributed by atoms with van der Waals surface area (Å²) in [6, 6.07) is 18.6. The third-order valence-corrected chi connectivity index (χ3v) is 2.71. The summed E-state index contributed by atoms with van der Waals surface area (Å²) in [5, 5.41) is 3.33.